The van der Waals surface area contributed by atoms with Gasteiger partial charge >= 0.3 is 5.97 Å². The number of aliphatic hydroxyl groups is 2. The Labute approximate surface area is 405 Å². The van der Waals surface area contributed by atoms with Gasteiger partial charge in [0.1, 0.15) is 0 Å². The first-order chi connectivity index (χ1) is 32.0. The minimum absolute atomic E-state index is 0.00288. The second kappa shape index (κ2) is 54.9. The topological polar surface area (TPSA) is 95.9 Å². The summed E-state index contributed by atoms with van der Waals surface area (Å²) in [6.07, 6.45) is 65.9. The zero-order valence-electron chi connectivity index (χ0n) is 43.7. The number of allylic oxidation sites excluding steroid dienone is 4. The number of carbonyl (C=O) groups is 2. The summed E-state index contributed by atoms with van der Waals surface area (Å²) in [7, 11) is 0. The van der Waals surface area contributed by atoms with E-state index in [-0.39, 0.29) is 18.5 Å². The van der Waals surface area contributed by atoms with Crippen LogP contribution in [0.4, 0.5) is 0 Å². The highest BCUT2D eigenvalue weighted by Gasteiger charge is 2.20. The van der Waals surface area contributed by atoms with Gasteiger partial charge < -0.3 is 20.3 Å². The molecule has 0 radical (unpaired) electrons. The lowest BCUT2D eigenvalue weighted by atomic mass is 10.0. The number of hydrogen-bond donors (Lipinski definition) is 3. The summed E-state index contributed by atoms with van der Waals surface area (Å²) in [4.78, 5) is 24.5. The highest BCUT2D eigenvalue weighted by molar-refractivity contribution is 5.76. The van der Waals surface area contributed by atoms with Gasteiger partial charge in [-0.25, -0.2) is 0 Å². The van der Waals surface area contributed by atoms with E-state index in [9.17, 15) is 19.8 Å². The van der Waals surface area contributed by atoms with E-state index in [1.165, 1.54) is 238 Å². The van der Waals surface area contributed by atoms with Gasteiger partial charge in [-0.1, -0.05) is 250 Å². The molecular weight excluding hydrogens is 803 g/mol. The lowest BCUT2D eigenvalue weighted by molar-refractivity contribution is -0.143. The fraction of sp³-hybridized carbons (Fsp3) is 0.898. The molecule has 3 N–H and O–H groups in total. The summed E-state index contributed by atoms with van der Waals surface area (Å²) in [6, 6.07) is -0.547. The predicted molar refractivity (Wildman–Crippen MR) is 283 cm³/mol. The summed E-state index contributed by atoms with van der Waals surface area (Å²) in [5, 5.41) is 23.3. The number of amides is 1. The number of aliphatic hydroxyl groups excluding tert-OH is 2. The first kappa shape index (κ1) is 63.3. The van der Waals surface area contributed by atoms with Crippen molar-refractivity contribution < 1.29 is 24.5 Å². The average molecular weight is 917 g/mol. The highest BCUT2D eigenvalue weighted by atomic mass is 16.5. The molecule has 0 fully saturated rings. The Balaban J connectivity index is 3.43. The second-order valence-corrected chi connectivity index (χ2v) is 20.0. The SMILES string of the molecule is CCCCCC/C=C\CCCCCCCC(=O)OCCCCCCCCCCC/C=C\CCCCCCCCCC(=O)NC(CO)C(O)CCCCCCCCCCCCCCCCC. The number of ether oxygens (including phenoxy) is 1. The lowest BCUT2D eigenvalue weighted by Gasteiger charge is -2.22. The summed E-state index contributed by atoms with van der Waals surface area (Å²) in [5.41, 5.74) is 0. The van der Waals surface area contributed by atoms with Gasteiger partial charge in [0.25, 0.3) is 0 Å². The van der Waals surface area contributed by atoms with Gasteiger partial charge in [0, 0.05) is 12.8 Å². The zero-order valence-corrected chi connectivity index (χ0v) is 43.7. The van der Waals surface area contributed by atoms with Crippen molar-refractivity contribution in [2.24, 2.45) is 0 Å². The Bertz CT molecular complexity index is 1010. The number of carbonyl (C=O) groups excluding carboxylic acids is 2. The van der Waals surface area contributed by atoms with Crippen molar-refractivity contribution in [2.45, 2.75) is 328 Å². The van der Waals surface area contributed by atoms with Crippen LogP contribution in [-0.4, -0.2) is 47.4 Å². The van der Waals surface area contributed by atoms with E-state index < -0.39 is 12.1 Å². The minimum Gasteiger partial charge on any atom is -0.466 e. The molecule has 0 heterocycles. The summed E-state index contributed by atoms with van der Waals surface area (Å²) < 4.78 is 5.46. The van der Waals surface area contributed by atoms with Crippen LogP contribution in [0, 0.1) is 0 Å². The van der Waals surface area contributed by atoms with Gasteiger partial charge in [-0.2, -0.15) is 0 Å². The molecule has 0 aliphatic rings. The van der Waals surface area contributed by atoms with Crippen LogP contribution in [0.15, 0.2) is 24.3 Å². The van der Waals surface area contributed by atoms with Gasteiger partial charge in [0.2, 0.25) is 5.91 Å². The predicted octanol–water partition coefficient (Wildman–Crippen LogP) is 17.9. The standard InChI is InChI=1S/C59H113NO5/c1-3-5-7-9-11-13-15-17-24-28-31-35-39-43-47-51-57(62)56(55-61)60-58(63)52-48-44-40-36-32-29-25-22-20-18-19-21-23-26-30-34-38-42-46-50-54-65-59(64)53-49-45-41-37-33-27-16-14-12-10-8-6-4-2/h14,16,18,20,56-57,61-62H,3-13,15,17,19,21-55H2,1-2H3,(H,60,63)/b16-14-,20-18-. The fourth-order valence-corrected chi connectivity index (χ4v) is 8.98. The van der Waals surface area contributed by atoms with Crippen LogP contribution in [0.2, 0.25) is 0 Å². The van der Waals surface area contributed by atoms with Gasteiger partial charge in [-0.05, 0) is 77.0 Å². The molecule has 65 heavy (non-hydrogen) atoms. The second-order valence-electron chi connectivity index (χ2n) is 20.0. The lowest BCUT2D eigenvalue weighted by Crippen LogP contribution is -2.45. The Morgan fingerprint density at radius 1 is 0.415 bits per heavy atom. The van der Waals surface area contributed by atoms with Crippen LogP contribution in [0.25, 0.3) is 0 Å². The third kappa shape index (κ3) is 51.6. The molecule has 0 saturated carbocycles. The van der Waals surface area contributed by atoms with Crippen LogP contribution in [0.5, 0.6) is 0 Å². The molecule has 0 aromatic carbocycles. The molecular formula is C59H113NO5. The number of rotatable bonds is 54. The number of unbranched alkanes of at least 4 members (excludes halogenated alkanes) is 39. The Kier molecular flexibility index (Phi) is 53.5. The monoisotopic (exact) mass is 916 g/mol. The first-order valence-electron chi connectivity index (χ1n) is 29.1. The van der Waals surface area contributed by atoms with Crippen molar-refractivity contribution in [2.75, 3.05) is 13.2 Å². The van der Waals surface area contributed by atoms with Crippen LogP contribution < -0.4 is 5.32 Å². The molecule has 1 amide bonds. The van der Waals surface area contributed by atoms with Gasteiger partial charge in [-0.3, -0.25) is 9.59 Å². The Morgan fingerprint density at radius 3 is 1.11 bits per heavy atom. The van der Waals surface area contributed by atoms with Gasteiger partial charge in [0.05, 0.1) is 25.4 Å². The number of nitrogens with one attached hydrogen (secondary N) is 1. The molecule has 0 spiro atoms. The molecule has 6 heteroatoms. The largest absolute Gasteiger partial charge is 0.466 e. The third-order valence-electron chi connectivity index (χ3n) is 13.5. The van der Waals surface area contributed by atoms with E-state index in [1.54, 1.807) is 0 Å². The van der Waals surface area contributed by atoms with Crippen LogP contribution in [0.3, 0.4) is 0 Å². The van der Waals surface area contributed by atoms with E-state index in [0.717, 1.165) is 44.9 Å². The molecule has 2 unspecified atom stereocenters. The van der Waals surface area contributed by atoms with Gasteiger partial charge in [0.15, 0.2) is 0 Å². The van der Waals surface area contributed by atoms with Crippen LogP contribution >= 0.6 is 0 Å². The summed E-state index contributed by atoms with van der Waals surface area (Å²) in [6.45, 7) is 4.94. The van der Waals surface area contributed by atoms with Crippen molar-refractivity contribution in [3.05, 3.63) is 24.3 Å². The Hall–Kier alpha value is -1.66. The Morgan fingerprint density at radius 2 is 0.723 bits per heavy atom. The highest BCUT2D eigenvalue weighted by Crippen LogP contribution is 2.17. The average Bonchev–Trinajstić information content (AvgIpc) is 3.31. The molecule has 0 aromatic heterocycles. The smallest absolute Gasteiger partial charge is 0.305 e. The van der Waals surface area contributed by atoms with E-state index >= 15 is 0 Å². The summed E-state index contributed by atoms with van der Waals surface area (Å²) in [5.74, 6) is -0.0453. The van der Waals surface area contributed by atoms with E-state index in [0.29, 0.717) is 25.9 Å². The molecule has 2 atom stereocenters. The number of hydrogen-bond acceptors (Lipinski definition) is 5. The number of esters is 1. The quantitative estimate of drug-likeness (QED) is 0.0321. The first-order valence-corrected chi connectivity index (χ1v) is 29.1. The van der Waals surface area contributed by atoms with Crippen molar-refractivity contribution >= 4 is 11.9 Å². The fourth-order valence-electron chi connectivity index (χ4n) is 8.98. The van der Waals surface area contributed by atoms with Crippen molar-refractivity contribution in [3.63, 3.8) is 0 Å². The van der Waals surface area contributed by atoms with Crippen molar-refractivity contribution in [1.29, 1.82) is 0 Å². The van der Waals surface area contributed by atoms with E-state index in [1.807, 2.05) is 0 Å². The molecule has 0 aromatic rings. The molecule has 0 saturated heterocycles. The van der Waals surface area contributed by atoms with Crippen molar-refractivity contribution in [3.8, 4) is 0 Å². The molecule has 0 aliphatic heterocycles. The maximum absolute atomic E-state index is 12.5. The molecule has 0 bridgehead atoms. The normalized spacial score (nSPS) is 12.7. The minimum atomic E-state index is -0.669. The van der Waals surface area contributed by atoms with E-state index in [4.69, 9.17) is 4.74 Å². The third-order valence-corrected chi connectivity index (χ3v) is 13.5. The zero-order chi connectivity index (χ0) is 47.2. The molecule has 0 aliphatic carbocycles. The van der Waals surface area contributed by atoms with Crippen LogP contribution in [0.1, 0.15) is 316 Å². The molecule has 384 valence electrons. The molecule has 6 nitrogen and oxygen atoms in total. The van der Waals surface area contributed by atoms with Gasteiger partial charge in [-0.15, -0.1) is 0 Å². The summed E-state index contributed by atoms with van der Waals surface area (Å²) >= 11 is 0. The van der Waals surface area contributed by atoms with E-state index in [2.05, 4.69) is 43.5 Å². The molecule has 0 rings (SSSR count). The maximum atomic E-state index is 12.5. The maximum Gasteiger partial charge on any atom is 0.305 e. The van der Waals surface area contributed by atoms with Crippen molar-refractivity contribution in [1.82, 2.24) is 5.32 Å². The van der Waals surface area contributed by atoms with Crippen LogP contribution in [-0.2, 0) is 14.3 Å².